The van der Waals surface area contributed by atoms with Crippen LogP contribution in [0.3, 0.4) is 0 Å². The smallest absolute Gasteiger partial charge is 0.0975 e. The molecule has 2 nitrogen and oxygen atoms in total. The molecule has 0 amide bonds. The highest BCUT2D eigenvalue weighted by Gasteiger charge is 2.18. The molecule has 0 aromatic heterocycles. The summed E-state index contributed by atoms with van der Waals surface area (Å²) in [6.07, 6.45) is 3.58. The number of nitrogens with two attached hydrogens (primary N) is 1. The molecule has 0 heterocycles. The summed E-state index contributed by atoms with van der Waals surface area (Å²) in [6, 6.07) is 8.35. The Morgan fingerprint density at radius 3 is 2.53 bits per heavy atom. The van der Waals surface area contributed by atoms with Gasteiger partial charge in [0.1, 0.15) is 0 Å². The van der Waals surface area contributed by atoms with Gasteiger partial charge < -0.3 is 10.5 Å². The molecule has 1 rings (SSSR count). The van der Waals surface area contributed by atoms with Crippen LogP contribution >= 0.6 is 0 Å². The largest absolute Gasteiger partial charge is 0.372 e. The van der Waals surface area contributed by atoms with E-state index in [1.807, 2.05) is 19.1 Å². The van der Waals surface area contributed by atoms with E-state index in [1.54, 1.807) is 0 Å². The van der Waals surface area contributed by atoms with Crippen molar-refractivity contribution in [1.29, 1.82) is 0 Å². The summed E-state index contributed by atoms with van der Waals surface area (Å²) in [6.45, 7) is 7.12. The van der Waals surface area contributed by atoms with E-state index in [4.69, 9.17) is 10.5 Å². The number of benzene rings is 1. The fourth-order valence-corrected chi connectivity index (χ4v) is 1.99. The maximum Gasteiger partial charge on any atom is 0.0975 e. The lowest BCUT2D eigenvalue weighted by atomic mass is 9.99. The van der Waals surface area contributed by atoms with Crippen LogP contribution in [0.5, 0.6) is 0 Å². The lowest BCUT2D eigenvalue weighted by Crippen LogP contribution is -2.27. The number of hydrogen-bond acceptors (Lipinski definition) is 2. The van der Waals surface area contributed by atoms with Gasteiger partial charge in [-0.15, -0.1) is 0 Å². The predicted octanol–water partition coefficient (Wildman–Crippen LogP) is 3.59. The molecule has 0 radical (unpaired) electrons. The standard InChI is InChI=1S/C15H25NO/c1-4-5-8-11-17-15(13(3)16)14-10-7-6-9-12(14)2/h6-7,9-10,13,15H,4-5,8,11,16H2,1-3H3. The van der Waals surface area contributed by atoms with Gasteiger partial charge in [-0.25, -0.2) is 0 Å². The summed E-state index contributed by atoms with van der Waals surface area (Å²) < 4.78 is 5.95. The van der Waals surface area contributed by atoms with Crippen LogP contribution in [0.25, 0.3) is 0 Å². The molecule has 0 saturated carbocycles. The molecule has 0 spiro atoms. The molecular weight excluding hydrogens is 210 g/mol. The van der Waals surface area contributed by atoms with Gasteiger partial charge in [0, 0.05) is 12.6 Å². The lowest BCUT2D eigenvalue weighted by molar-refractivity contribution is 0.0356. The Morgan fingerprint density at radius 1 is 1.24 bits per heavy atom. The molecule has 0 aliphatic carbocycles. The zero-order valence-electron chi connectivity index (χ0n) is 11.3. The van der Waals surface area contributed by atoms with Gasteiger partial charge in [-0.2, -0.15) is 0 Å². The van der Waals surface area contributed by atoms with Crippen molar-refractivity contribution in [3.8, 4) is 0 Å². The molecule has 2 atom stereocenters. The van der Waals surface area contributed by atoms with Crippen LogP contribution in [0.1, 0.15) is 50.3 Å². The third kappa shape index (κ3) is 4.49. The van der Waals surface area contributed by atoms with E-state index < -0.39 is 0 Å². The van der Waals surface area contributed by atoms with E-state index >= 15 is 0 Å². The normalized spacial score (nSPS) is 14.6. The Morgan fingerprint density at radius 2 is 1.94 bits per heavy atom. The van der Waals surface area contributed by atoms with Crippen molar-refractivity contribution in [3.63, 3.8) is 0 Å². The van der Waals surface area contributed by atoms with Gasteiger partial charge in [-0.3, -0.25) is 0 Å². The highest BCUT2D eigenvalue weighted by atomic mass is 16.5. The highest BCUT2D eigenvalue weighted by Crippen LogP contribution is 2.23. The first-order valence-electron chi connectivity index (χ1n) is 6.59. The van der Waals surface area contributed by atoms with Crippen LogP contribution in [0.15, 0.2) is 24.3 Å². The summed E-state index contributed by atoms with van der Waals surface area (Å²) in [5.41, 5.74) is 8.50. The third-order valence-electron chi connectivity index (χ3n) is 3.02. The van der Waals surface area contributed by atoms with E-state index in [-0.39, 0.29) is 12.1 Å². The summed E-state index contributed by atoms with van der Waals surface area (Å²) in [4.78, 5) is 0. The van der Waals surface area contributed by atoms with E-state index in [0.29, 0.717) is 0 Å². The van der Waals surface area contributed by atoms with E-state index in [9.17, 15) is 0 Å². The zero-order valence-corrected chi connectivity index (χ0v) is 11.3. The number of ether oxygens (including phenoxy) is 1. The SMILES string of the molecule is CCCCCOC(c1ccccc1C)C(C)N. The lowest BCUT2D eigenvalue weighted by Gasteiger charge is -2.23. The van der Waals surface area contributed by atoms with Crippen LogP contribution in [-0.2, 0) is 4.74 Å². The highest BCUT2D eigenvalue weighted by molar-refractivity contribution is 5.28. The Kier molecular flexibility index (Phi) is 6.23. The fourth-order valence-electron chi connectivity index (χ4n) is 1.99. The first-order valence-corrected chi connectivity index (χ1v) is 6.59. The van der Waals surface area contributed by atoms with Gasteiger partial charge in [0.15, 0.2) is 0 Å². The summed E-state index contributed by atoms with van der Waals surface area (Å²) >= 11 is 0. The van der Waals surface area contributed by atoms with Crippen LogP contribution in [-0.4, -0.2) is 12.6 Å². The maximum absolute atomic E-state index is 6.03. The fraction of sp³-hybridized carbons (Fsp3) is 0.600. The van der Waals surface area contributed by atoms with E-state index in [0.717, 1.165) is 13.0 Å². The van der Waals surface area contributed by atoms with Crippen molar-refractivity contribution in [2.75, 3.05) is 6.61 Å². The van der Waals surface area contributed by atoms with Crippen LogP contribution in [0.2, 0.25) is 0 Å². The van der Waals surface area contributed by atoms with Crippen LogP contribution in [0, 0.1) is 6.92 Å². The van der Waals surface area contributed by atoms with Crippen LogP contribution in [0.4, 0.5) is 0 Å². The van der Waals surface area contributed by atoms with Crippen molar-refractivity contribution in [2.45, 2.75) is 52.2 Å². The molecule has 2 heteroatoms. The number of hydrogen-bond donors (Lipinski definition) is 1. The monoisotopic (exact) mass is 235 g/mol. The minimum absolute atomic E-state index is 0.0213. The number of unbranched alkanes of at least 4 members (excludes halogenated alkanes) is 2. The molecule has 0 aliphatic heterocycles. The number of rotatable bonds is 7. The van der Waals surface area contributed by atoms with Gasteiger partial charge in [0.2, 0.25) is 0 Å². The minimum atomic E-state index is 0.0213. The summed E-state index contributed by atoms with van der Waals surface area (Å²) in [5.74, 6) is 0. The maximum atomic E-state index is 6.03. The molecule has 2 N–H and O–H groups in total. The molecule has 0 fully saturated rings. The zero-order chi connectivity index (χ0) is 12.7. The van der Waals surface area contributed by atoms with Crippen LogP contribution < -0.4 is 5.73 Å². The average Bonchev–Trinajstić information content (AvgIpc) is 2.30. The minimum Gasteiger partial charge on any atom is -0.372 e. The summed E-state index contributed by atoms with van der Waals surface area (Å²) in [7, 11) is 0. The van der Waals surface area contributed by atoms with Crippen molar-refractivity contribution >= 4 is 0 Å². The number of aryl methyl sites for hydroxylation is 1. The van der Waals surface area contributed by atoms with Crippen molar-refractivity contribution in [1.82, 2.24) is 0 Å². The van der Waals surface area contributed by atoms with Gasteiger partial charge >= 0.3 is 0 Å². The molecule has 0 saturated heterocycles. The Hall–Kier alpha value is -0.860. The second kappa shape index (κ2) is 7.46. The van der Waals surface area contributed by atoms with Crippen molar-refractivity contribution in [3.05, 3.63) is 35.4 Å². The van der Waals surface area contributed by atoms with Crippen molar-refractivity contribution < 1.29 is 4.74 Å². The molecule has 2 unspecified atom stereocenters. The third-order valence-corrected chi connectivity index (χ3v) is 3.02. The molecule has 1 aromatic rings. The van der Waals surface area contributed by atoms with Gasteiger partial charge in [-0.05, 0) is 31.4 Å². The summed E-state index contributed by atoms with van der Waals surface area (Å²) in [5, 5.41) is 0. The Bertz CT molecular complexity index is 322. The van der Waals surface area contributed by atoms with Gasteiger partial charge in [-0.1, -0.05) is 44.0 Å². The second-order valence-electron chi connectivity index (χ2n) is 4.71. The Balaban J connectivity index is 2.63. The Labute approximate surface area is 105 Å². The second-order valence-corrected chi connectivity index (χ2v) is 4.71. The quantitative estimate of drug-likeness (QED) is 0.733. The molecule has 1 aromatic carbocycles. The molecular formula is C15H25NO. The topological polar surface area (TPSA) is 35.2 Å². The molecule has 96 valence electrons. The van der Waals surface area contributed by atoms with Gasteiger partial charge in [0.05, 0.1) is 6.10 Å². The first-order chi connectivity index (χ1) is 8.16. The van der Waals surface area contributed by atoms with E-state index in [2.05, 4.69) is 26.0 Å². The molecule has 17 heavy (non-hydrogen) atoms. The molecule has 0 bridgehead atoms. The van der Waals surface area contributed by atoms with E-state index in [1.165, 1.54) is 24.0 Å². The first kappa shape index (κ1) is 14.2. The van der Waals surface area contributed by atoms with Gasteiger partial charge in [0.25, 0.3) is 0 Å². The van der Waals surface area contributed by atoms with Crippen molar-refractivity contribution in [2.24, 2.45) is 5.73 Å². The average molecular weight is 235 g/mol. The predicted molar refractivity (Wildman–Crippen MR) is 73.0 cm³/mol. The molecule has 0 aliphatic rings.